The van der Waals surface area contributed by atoms with E-state index in [1.807, 2.05) is 24.3 Å². The minimum Gasteiger partial charge on any atom is -0.348 e. The van der Waals surface area contributed by atoms with Crippen molar-refractivity contribution in [3.8, 4) is 0 Å². The van der Waals surface area contributed by atoms with E-state index >= 15 is 0 Å². The molecule has 3 aromatic rings. The number of carbonyl (C=O) groups is 1. The maximum atomic E-state index is 12.9. The summed E-state index contributed by atoms with van der Waals surface area (Å²) in [6.07, 6.45) is 8.12. The second kappa shape index (κ2) is 6.11. The maximum absolute atomic E-state index is 12.9. The summed E-state index contributed by atoms with van der Waals surface area (Å²) in [7, 11) is 0. The molecule has 4 rings (SSSR count). The van der Waals surface area contributed by atoms with Crippen LogP contribution in [0.5, 0.6) is 0 Å². The highest BCUT2D eigenvalue weighted by Gasteiger charge is 2.41. The van der Waals surface area contributed by atoms with Gasteiger partial charge in [0.1, 0.15) is 11.6 Å². The molecule has 0 aliphatic heterocycles. The van der Waals surface area contributed by atoms with E-state index < -0.39 is 0 Å². The van der Waals surface area contributed by atoms with E-state index in [0.29, 0.717) is 13.0 Å². The molecule has 6 nitrogen and oxygen atoms in total. The molecule has 0 spiro atoms. The van der Waals surface area contributed by atoms with Crippen LogP contribution in [-0.2, 0) is 17.8 Å². The molecular weight excluding hydrogens is 302 g/mol. The Morgan fingerprint density at radius 2 is 2.04 bits per heavy atom. The van der Waals surface area contributed by atoms with Gasteiger partial charge in [-0.25, -0.2) is 9.97 Å². The SMILES string of the molecule is O=C(NCc1ncc[nH]1)C1(Cc2nc3ccccc3[nH]2)CCCC1. The largest absolute Gasteiger partial charge is 0.348 e. The Morgan fingerprint density at radius 1 is 1.21 bits per heavy atom. The Balaban J connectivity index is 1.52. The van der Waals surface area contributed by atoms with Gasteiger partial charge in [0.15, 0.2) is 0 Å². The summed E-state index contributed by atoms with van der Waals surface area (Å²) in [4.78, 5) is 28.1. The van der Waals surface area contributed by atoms with Gasteiger partial charge in [-0.3, -0.25) is 4.79 Å². The zero-order valence-electron chi connectivity index (χ0n) is 13.5. The van der Waals surface area contributed by atoms with Crippen LogP contribution in [0.2, 0.25) is 0 Å². The predicted octanol–water partition coefficient (Wildman–Crippen LogP) is 2.71. The van der Waals surface area contributed by atoms with Crippen molar-refractivity contribution in [1.82, 2.24) is 25.3 Å². The summed E-state index contributed by atoms with van der Waals surface area (Å²) in [6.45, 7) is 0.438. The first-order valence-corrected chi connectivity index (χ1v) is 8.45. The van der Waals surface area contributed by atoms with Gasteiger partial charge >= 0.3 is 0 Å². The van der Waals surface area contributed by atoms with Crippen molar-refractivity contribution in [3.05, 3.63) is 48.3 Å². The van der Waals surface area contributed by atoms with Crippen molar-refractivity contribution in [3.63, 3.8) is 0 Å². The first kappa shape index (κ1) is 14.9. The molecule has 2 heterocycles. The quantitative estimate of drug-likeness (QED) is 0.675. The average molecular weight is 323 g/mol. The van der Waals surface area contributed by atoms with Crippen molar-refractivity contribution in [1.29, 1.82) is 0 Å². The van der Waals surface area contributed by atoms with Crippen molar-refractivity contribution >= 4 is 16.9 Å². The Labute approximate surface area is 140 Å². The topological polar surface area (TPSA) is 86.5 Å². The Bertz CT molecular complexity index is 797. The van der Waals surface area contributed by atoms with Gasteiger partial charge in [0.2, 0.25) is 5.91 Å². The van der Waals surface area contributed by atoms with Gasteiger partial charge in [-0.15, -0.1) is 0 Å². The summed E-state index contributed by atoms with van der Waals surface area (Å²) in [5.74, 6) is 1.78. The van der Waals surface area contributed by atoms with Crippen LogP contribution in [0.4, 0.5) is 0 Å². The Morgan fingerprint density at radius 3 is 2.79 bits per heavy atom. The van der Waals surface area contributed by atoms with Gasteiger partial charge in [-0.05, 0) is 25.0 Å². The first-order valence-electron chi connectivity index (χ1n) is 8.45. The van der Waals surface area contributed by atoms with Crippen LogP contribution in [0.1, 0.15) is 37.3 Å². The number of H-pyrrole nitrogens is 2. The number of para-hydroxylation sites is 2. The lowest BCUT2D eigenvalue weighted by atomic mass is 9.81. The molecule has 1 saturated carbocycles. The molecule has 2 aromatic heterocycles. The standard InChI is InChI=1S/C18H21N5O/c24-17(21-12-16-19-9-10-20-16)18(7-3-4-8-18)11-15-22-13-5-1-2-6-14(13)23-15/h1-2,5-6,9-10H,3-4,7-8,11-12H2,(H,19,20)(H,21,24)(H,22,23). The van der Waals surface area contributed by atoms with E-state index in [0.717, 1.165) is 48.4 Å². The van der Waals surface area contributed by atoms with Crippen molar-refractivity contribution < 1.29 is 4.79 Å². The van der Waals surface area contributed by atoms with Gasteiger partial charge < -0.3 is 15.3 Å². The summed E-state index contributed by atoms with van der Waals surface area (Å²) in [5.41, 5.74) is 1.62. The van der Waals surface area contributed by atoms with Gasteiger partial charge in [0, 0.05) is 18.8 Å². The molecule has 1 aliphatic carbocycles. The summed E-state index contributed by atoms with van der Waals surface area (Å²) < 4.78 is 0. The summed E-state index contributed by atoms with van der Waals surface area (Å²) in [5, 5.41) is 3.05. The minimum absolute atomic E-state index is 0.108. The van der Waals surface area contributed by atoms with Crippen LogP contribution in [-0.4, -0.2) is 25.8 Å². The van der Waals surface area contributed by atoms with Gasteiger partial charge in [-0.1, -0.05) is 25.0 Å². The zero-order valence-corrected chi connectivity index (χ0v) is 13.5. The second-order valence-electron chi connectivity index (χ2n) is 6.58. The Kier molecular flexibility index (Phi) is 3.80. The molecule has 0 unspecified atom stereocenters. The summed E-state index contributed by atoms with van der Waals surface area (Å²) >= 11 is 0. The van der Waals surface area contributed by atoms with Crippen LogP contribution in [0, 0.1) is 5.41 Å². The van der Waals surface area contributed by atoms with Crippen LogP contribution >= 0.6 is 0 Å². The molecule has 1 aromatic carbocycles. The van der Waals surface area contributed by atoms with Crippen LogP contribution < -0.4 is 5.32 Å². The molecule has 6 heteroatoms. The lowest BCUT2D eigenvalue weighted by Crippen LogP contribution is -2.40. The highest BCUT2D eigenvalue weighted by Crippen LogP contribution is 2.41. The Hall–Kier alpha value is -2.63. The maximum Gasteiger partial charge on any atom is 0.227 e. The molecule has 3 N–H and O–H groups in total. The number of amides is 1. The molecule has 0 radical (unpaired) electrons. The number of rotatable bonds is 5. The third-order valence-electron chi connectivity index (χ3n) is 4.96. The minimum atomic E-state index is -0.361. The predicted molar refractivity (Wildman–Crippen MR) is 91.1 cm³/mol. The average Bonchev–Trinajstić information content (AvgIpc) is 3.33. The number of aromatic nitrogens is 4. The monoisotopic (exact) mass is 323 g/mol. The first-order chi connectivity index (χ1) is 11.8. The number of nitrogens with zero attached hydrogens (tertiary/aromatic N) is 2. The van der Waals surface area contributed by atoms with Crippen molar-refractivity contribution in [2.24, 2.45) is 5.41 Å². The van der Waals surface area contributed by atoms with Crippen LogP contribution in [0.15, 0.2) is 36.7 Å². The number of fused-ring (bicyclic) bond motifs is 1. The fourth-order valence-corrected chi connectivity index (χ4v) is 3.69. The second-order valence-corrected chi connectivity index (χ2v) is 6.58. The van der Waals surface area contributed by atoms with E-state index in [-0.39, 0.29) is 11.3 Å². The molecule has 0 saturated heterocycles. The van der Waals surface area contributed by atoms with E-state index in [1.54, 1.807) is 12.4 Å². The highest BCUT2D eigenvalue weighted by atomic mass is 16.2. The van der Waals surface area contributed by atoms with Crippen molar-refractivity contribution in [2.75, 3.05) is 0 Å². The lowest BCUT2D eigenvalue weighted by Gasteiger charge is -2.26. The summed E-state index contributed by atoms with van der Waals surface area (Å²) in [6, 6.07) is 7.98. The molecule has 0 atom stereocenters. The number of hydrogen-bond donors (Lipinski definition) is 3. The molecule has 124 valence electrons. The fraction of sp³-hybridized carbons (Fsp3) is 0.389. The van der Waals surface area contributed by atoms with E-state index in [4.69, 9.17) is 0 Å². The highest BCUT2D eigenvalue weighted by molar-refractivity contribution is 5.83. The number of aromatic amines is 2. The van der Waals surface area contributed by atoms with Gasteiger partial charge in [0.05, 0.1) is 23.0 Å². The lowest BCUT2D eigenvalue weighted by molar-refractivity contribution is -0.131. The van der Waals surface area contributed by atoms with E-state index in [9.17, 15) is 4.79 Å². The van der Waals surface area contributed by atoms with E-state index in [2.05, 4.69) is 25.3 Å². The van der Waals surface area contributed by atoms with Gasteiger partial charge in [-0.2, -0.15) is 0 Å². The van der Waals surface area contributed by atoms with Crippen LogP contribution in [0.3, 0.4) is 0 Å². The number of benzene rings is 1. The number of carbonyl (C=O) groups excluding carboxylic acids is 1. The molecule has 24 heavy (non-hydrogen) atoms. The fourth-order valence-electron chi connectivity index (χ4n) is 3.69. The number of nitrogens with one attached hydrogen (secondary N) is 3. The van der Waals surface area contributed by atoms with Crippen LogP contribution in [0.25, 0.3) is 11.0 Å². The number of imidazole rings is 2. The van der Waals surface area contributed by atoms with E-state index in [1.165, 1.54) is 0 Å². The molecule has 1 fully saturated rings. The number of hydrogen-bond acceptors (Lipinski definition) is 3. The smallest absolute Gasteiger partial charge is 0.227 e. The molecule has 1 aliphatic rings. The molecule has 0 bridgehead atoms. The zero-order chi connectivity index (χ0) is 16.4. The third kappa shape index (κ3) is 2.79. The van der Waals surface area contributed by atoms with Crippen molar-refractivity contribution in [2.45, 2.75) is 38.6 Å². The molecular formula is C18H21N5O. The van der Waals surface area contributed by atoms with Gasteiger partial charge in [0.25, 0.3) is 0 Å². The molecule has 1 amide bonds. The normalized spacial score (nSPS) is 16.5. The third-order valence-corrected chi connectivity index (χ3v) is 4.96.